The third-order valence-electron chi connectivity index (χ3n) is 7.60. The lowest BCUT2D eigenvalue weighted by molar-refractivity contribution is -0.207. The molecule has 0 unspecified atom stereocenters. The summed E-state index contributed by atoms with van der Waals surface area (Å²) in [5.41, 5.74) is 3.75. The van der Waals surface area contributed by atoms with Crippen molar-refractivity contribution in [2.45, 2.75) is 85.7 Å². The second-order valence-corrected chi connectivity index (χ2v) is 10.2. The van der Waals surface area contributed by atoms with Crippen LogP contribution in [0, 0.1) is 28.6 Å². The molecule has 4 heteroatoms. The van der Waals surface area contributed by atoms with Crippen LogP contribution in [0.25, 0.3) is 0 Å². The molecule has 2 aliphatic heterocycles. The van der Waals surface area contributed by atoms with Crippen LogP contribution < -0.4 is 0 Å². The van der Waals surface area contributed by atoms with Gasteiger partial charge in [0.1, 0.15) is 0 Å². The SMILES string of the molecule is CC(=O)O[C@@H]1O[C@H]2OCC3=C(C)[C@@H]([C@@]4(C)CCCC(C)(C)C4)CC[C@@H]1[C@H]32. The van der Waals surface area contributed by atoms with Crippen molar-refractivity contribution in [3.05, 3.63) is 11.1 Å². The minimum Gasteiger partial charge on any atom is -0.436 e. The lowest BCUT2D eigenvalue weighted by Gasteiger charge is -2.48. The van der Waals surface area contributed by atoms with E-state index in [0.29, 0.717) is 23.4 Å². The maximum absolute atomic E-state index is 11.5. The van der Waals surface area contributed by atoms with Gasteiger partial charge in [-0.05, 0) is 61.3 Å². The Labute approximate surface area is 157 Å². The van der Waals surface area contributed by atoms with E-state index < -0.39 is 6.29 Å². The van der Waals surface area contributed by atoms with E-state index in [2.05, 4.69) is 27.7 Å². The Balaban J connectivity index is 1.64. The summed E-state index contributed by atoms with van der Waals surface area (Å²) in [6.07, 6.45) is 6.80. The average molecular weight is 363 g/mol. The first kappa shape index (κ1) is 18.5. The van der Waals surface area contributed by atoms with Crippen molar-refractivity contribution in [3.8, 4) is 0 Å². The molecule has 4 rings (SSSR count). The van der Waals surface area contributed by atoms with Crippen molar-refractivity contribution in [2.75, 3.05) is 6.61 Å². The van der Waals surface area contributed by atoms with Gasteiger partial charge in [-0.1, -0.05) is 32.8 Å². The van der Waals surface area contributed by atoms with Gasteiger partial charge in [-0.2, -0.15) is 0 Å². The Morgan fingerprint density at radius 3 is 2.65 bits per heavy atom. The van der Waals surface area contributed by atoms with Crippen molar-refractivity contribution in [2.24, 2.45) is 28.6 Å². The summed E-state index contributed by atoms with van der Waals surface area (Å²) in [6, 6.07) is 0. The van der Waals surface area contributed by atoms with Gasteiger partial charge in [0.2, 0.25) is 6.29 Å². The van der Waals surface area contributed by atoms with Gasteiger partial charge in [0.25, 0.3) is 0 Å². The number of rotatable bonds is 2. The first-order valence-electron chi connectivity index (χ1n) is 10.3. The van der Waals surface area contributed by atoms with Crippen LogP contribution in [0.4, 0.5) is 0 Å². The van der Waals surface area contributed by atoms with Crippen molar-refractivity contribution in [3.63, 3.8) is 0 Å². The molecule has 2 heterocycles. The molecule has 0 amide bonds. The number of allylic oxidation sites excluding steroid dienone is 1. The summed E-state index contributed by atoms with van der Waals surface area (Å²) in [5.74, 6) is 0.841. The van der Waals surface area contributed by atoms with Gasteiger partial charge in [-0.15, -0.1) is 0 Å². The maximum atomic E-state index is 11.5. The predicted octanol–water partition coefficient (Wildman–Crippen LogP) is 4.83. The Morgan fingerprint density at radius 1 is 1.19 bits per heavy atom. The first-order valence-corrected chi connectivity index (χ1v) is 10.3. The van der Waals surface area contributed by atoms with Crippen LogP contribution in [0.1, 0.15) is 73.1 Å². The summed E-state index contributed by atoms with van der Waals surface area (Å²) < 4.78 is 17.4. The second-order valence-electron chi connectivity index (χ2n) is 10.2. The van der Waals surface area contributed by atoms with Crippen molar-refractivity contribution in [1.29, 1.82) is 0 Å². The normalized spacial score (nSPS) is 44.6. The zero-order chi connectivity index (χ0) is 18.7. The van der Waals surface area contributed by atoms with Gasteiger partial charge in [-0.25, -0.2) is 0 Å². The molecule has 0 N–H and O–H groups in total. The van der Waals surface area contributed by atoms with Gasteiger partial charge in [0.15, 0.2) is 6.29 Å². The lowest BCUT2D eigenvalue weighted by Crippen LogP contribution is -2.37. The largest absolute Gasteiger partial charge is 0.436 e. The van der Waals surface area contributed by atoms with Crippen LogP contribution >= 0.6 is 0 Å². The van der Waals surface area contributed by atoms with E-state index in [9.17, 15) is 4.79 Å². The summed E-state index contributed by atoms with van der Waals surface area (Å²) in [4.78, 5) is 11.5. The number of hydrogen-bond donors (Lipinski definition) is 0. The van der Waals surface area contributed by atoms with Crippen LogP contribution in [-0.2, 0) is 19.0 Å². The molecule has 0 aromatic carbocycles. The Hall–Kier alpha value is -0.870. The predicted molar refractivity (Wildman–Crippen MR) is 99.1 cm³/mol. The molecule has 4 nitrogen and oxygen atoms in total. The molecular weight excluding hydrogens is 328 g/mol. The third kappa shape index (κ3) is 3.03. The minimum atomic E-state index is -0.444. The summed E-state index contributed by atoms with van der Waals surface area (Å²) in [5, 5.41) is 0. The number of ether oxygens (including phenoxy) is 3. The quantitative estimate of drug-likeness (QED) is 0.521. The van der Waals surface area contributed by atoms with E-state index in [0.717, 1.165) is 12.8 Å². The Bertz CT molecular complexity index is 622. The summed E-state index contributed by atoms with van der Waals surface area (Å²) in [6.45, 7) is 11.8. The molecule has 0 radical (unpaired) electrons. The zero-order valence-electron chi connectivity index (χ0n) is 17.0. The lowest BCUT2D eigenvalue weighted by atomic mass is 9.57. The van der Waals surface area contributed by atoms with Crippen LogP contribution in [0.15, 0.2) is 11.1 Å². The highest BCUT2D eigenvalue weighted by molar-refractivity contribution is 5.66. The third-order valence-corrected chi connectivity index (χ3v) is 7.60. The number of hydrogen-bond acceptors (Lipinski definition) is 4. The fourth-order valence-corrected chi connectivity index (χ4v) is 6.70. The zero-order valence-corrected chi connectivity index (χ0v) is 17.0. The fourth-order valence-electron chi connectivity index (χ4n) is 6.70. The molecule has 6 atom stereocenters. The number of carbonyl (C=O) groups excluding carboxylic acids is 1. The molecule has 0 spiro atoms. The van der Waals surface area contributed by atoms with Gasteiger partial charge >= 0.3 is 5.97 Å². The summed E-state index contributed by atoms with van der Waals surface area (Å²) >= 11 is 0. The highest BCUT2D eigenvalue weighted by Crippen LogP contribution is 2.57. The fraction of sp³-hybridized carbons (Fsp3) is 0.864. The van der Waals surface area contributed by atoms with Crippen molar-refractivity contribution in [1.82, 2.24) is 0 Å². The van der Waals surface area contributed by atoms with E-state index >= 15 is 0 Å². The van der Waals surface area contributed by atoms with Gasteiger partial charge < -0.3 is 14.2 Å². The maximum Gasteiger partial charge on any atom is 0.304 e. The molecule has 1 saturated carbocycles. The molecule has 4 aliphatic rings. The highest BCUT2D eigenvalue weighted by atomic mass is 16.8. The average Bonchev–Trinajstić information content (AvgIpc) is 3.00. The molecule has 2 aliphatic carbocycles. The molecule has 0 aromatic heterocycles. The topological polar surface area (TPSA) is 44.8 Å². The van der Waals surface area contributed by atoms with Crippen molar-refractivity contribution >= 4 is 5.97 Å². The Kier molecular flexibility index (Phi) is 4.51. The van der Waals surface area contributed by atoms with Gasteiger partial charge in [0.05, 0.1) is 6.61 Å². The molecule has 0 aromatic rings. The van der Waals surface area contributed by atoms with Gasteiger partial charge in [0, 0.05) is 18.8 Å². The monoisotopic (exact) mass is 362 g/mol. The van der Waals surface area contributed by atoms with Crippen LogP contribution in [-0.4, -0.2) is 25.2 Å². The molecular formula is C22H34O4. The molecule has 3 fully saturated rings. The van der Waals surface area contributed by atoms with E-state index in [1.54, 1.807) is 0 Å². The number of carbonyl (C=O) groups is 1. The molecule has 26 heavy (non-hydrogen) atoms. The Morgan fingerprint density at radius 2 is 1.96 bits per heavy atom. The van der Waals surface area contributed by atoms with Crippen LogP contribution in [0.2, 0.25) is 0 Å². The second kappa shape index (κ2) is 6.34. The van der Waals surface area contributed by atoms with E-state index in [1.807, 2.05) is 0 Å². The van der Waals surface area contributed by atoms with Crippen LogP contribution in [0.3, 0.4) is 0 Å². The molecule has 0 bridgehead atoms. The molecule has 146 valence electrons. The smallest absolute Gasteiger partial charge is 0.304 e. The minimum absolute atomic E-state index is 0.233. The highest BCUT2D eigenvalue weighted by Gasteiger charge is 2.55. The standard InChI is InChI=1S/C22H34O4/c1-13-16-11-24-20-18(16)15(19(26-20)25-14(2)23)7-8-17(13)22(5)10-6-9-21(3,4)12-22/h15,17-20H,6-12H2,1-5H3/t15-,17+,18-,19-,20-,22+/m1/s1. The van der Waals surface area contributed by atoms with E-state index in [-0.39, 0.29) is 24.1 Å². The van der Waals surface area contributed by atoms with Crippen molar-refractivity contribution < 1.29 is 19.0 Å². The van der Waals surface area contributed by atoms with Gasteiger partial charge in [-0.3, -0.25) is 4.79 Å². The summed E-state index contributed by atoms with van der Waals surface area (Å²) in [7, 11) is 0. The first-order chi connectivity index (χ1) is 12.2. The number of esters is 1. The van der Waals surface area contributed by atoms with E-state index in [4.69, 9.17) is 14.2 Å². The van der Waals surface area contributed by atoms with E-state index in [1.165, 1.54) is 43.8 Å². The van der Waals surface area contributed by atoms with Crippen LogP contribution in [0.5, 0.6) is 0 Å². The molecule has 2 saturated heterocycles.